The van der Waals surface area contributed by atoms with E-state index in [0.717, 1.165) is 5.56 Å². The molecule has 2 aromatic rings. The molecule has 0 aromatic heterocycles. The molecule has 0 saturated carbocycles. The van der Waals surface area contributed by atoms with E-state index in [4.69, 9.17) is 35.4 Å². The van der Waals surface area contributed by atoms with E-state index in [2.05, 4.69) is 16.2 Å². The van der Waals surface area contributed by atoms with E-state index in [1.165, 1.54) is 6.07 Å². The second kappa shape index (κ2) is 8.10. The van der Waals surface area contributed by atoms with Gasteiger partial charge in [0.2, 0.25) is 0 Å². The third-order valence-electron chi connectivity index (χ3n) is 2.99. The van der Waals surface area contributed by atoms with Crippen molar-refractivity contribution < 1.29 is 9.59 Å². The number of amides is 2. The van der Waals surface area contributed by atoms with Crippen LogP contribution in [0.15, 0.2) is 42.5 Å². The first-order chi connectivity index (χ1) is 11.4. The van der Waals surface area contributed by atoms with E-state index < -0.39 is 5.91 Å². The first-order valence-electron chi connectivity index (χ1n) is 6.81. The van der Waals surface area contributed by atoms with Crippen LogP contribution in [0.5, 0.6) is 0 Å². The Hall–Kier alpha value is -2.15. The first-order valence-corrected chi connectivity index (χ1v) is 7.97. The molecule has 0 unspecified atom stereocenters. The van der Waals surface area contributed by atoms with E-state index >= 15 is 0 Å². The fourth-order valence-electron chi connectivity index (χ4n) is 1.85. The number of carbonyl (C=O) groups excluding carboxylic acids is 2. The van der Waals surface area contributed by atoms with Crippen molar-refractivity contribution in [3.63, 3.8) is 0 Å². The third-order valence-corrected chi connectivity index (χ3v) is 4.02. The number of nitrogens with one attached hydrogen (secondary N) is 3. The van der Waals surface area contributed by atoms with E-state index in [-0.39, 0.29) is 26.6 Å². The van der Waals surface area contributed by atoms with Gasteiger partial charge in [-0.05, 0) is 43.4 Å². The smallest absolute Gasteiger partial charge is 0.271 e. The molecule has 0 aliphatic rings. The van der Waals surface area contributed by atoms with Crippen molar-refractivity contribution in [2.24, 2.45) is 0 Å². The van der Waals surface area contributed by atoms with Crippen LogP contribution in [0.4, 0.5) is 0 Å². The van der Waals surface area contributed by atoms with Crippen LogP contribution in [0, 0.1) is 6.92 Å². The number of halogens is 2. The van der Waals surface area contributed by atoms with Gasteiger partial charge in [0, 0.05) is 5.56 Å². The molecule has 3 N–H and O–H groups in total. The van der Waals surface area contributed by atoms with Crippen molar-refractivity contribution in [2.75, 3.05) is 0 Å². The largest absolute Gasteiger partial charge is 0.298 e. The second-order valence-corrected chi connectivity index (χ2v) is 6.03. The number of hydrazine groups is 1. The molecule has 2 rings (SSSR count). The highest BCUT2D eigenvalue weighted by atomic mass is 35.5. The topological polar surface area (TPSA) is 70.2 Å². The molecule has 0 spiro atoms. The van der Waals surface area contributed by atoms with Crippen LogP contribution >= 0.6 is 35.4 Å². The Bertz CT molecular complexity index is 812. The minimum Gasteiger partial charge on any atom is -0.298 e. The summed E-state index contributed by atoms with van der Waals surface area (Å²) in [4.78, 5) is 24.1. The normalized spacial score (nSPS) is 9.96. The van der Waals surface area contributed by atoms with Gasteiger partial charge in [-0.15, -0.1) is 0 Å². The lowest BCUT2D eigenvalue weighted by Gasteiger charge is -2.12. The molecule has 124 valence electrons. The van der Waals surface area contributed by atoms with Crippen LogP contribution in [0.2, 0.25) is 10.0 Å². The van der Waals surface area contributed by atoms with Crippen molar-refractivity contribution in [3.05, 3.63) is 69.2 Å². The fourth-order valence-corrected chi connectivity index (χ4v) is 2.38. The molecule has 0 aliphatic heterocycles. The summed E-state index contributed by atoms with van der Waals surface area (Å²) in [5.41, 5.74) is 6.38. The minimum atomic E-state index is -0.533. The van der Waals surface area contributed by atoms with Crippen LogP contribution < -0.4 is 16.2 Å². The highest BCUT2D eigenvalue weighted by Gasteiger charge is 2.13. The monoisotopic (exact) mass is 381 g/mol. The molecular formula is C16H13Cl2N3O2S. The summed E-state index contributed by atoms with van der Waals surface area (Å²) >= 11 is 16.8. The summed E-state index contributed by atoms with van der Waals surface area (Å²) < 4.78 is 0. The van der Waals surface area contributed by atoms with Crippen LogP contribution in [-0.2, 0) is 0 Å². The quantitative estimate of drug-likeness (QED) is 0.551. The van der Waals surface area contributed by atoms with Gasteiger partial charge in [0.25, 0.3) is 11.8 Å². The van der Waals surface area contributed by atoms with Gasteiger partial charge in [-0.3, -0.25) is 25.8 Å². The molecule has 2 amide bonds. The van der Waals surface area contributed by atoms with Gasteiger partial charge >= 0.3 is 0 Å². The SMILES string of the molecule is Cc1cccc(C(=O)NC(=S)NNC(=O)c2cccc(Cl)c2Cl)c1. The molecule has 0 fully saturated rings. The van der Waals surface area contributed by atoms with Crippen molar-refractivity contribution in [1.29, 1.82) is 0 Å². The molecule has 0 saturated heterocycles. The predicted molar refractivity (Wildman–Crippen MR) is 98.3 cm³/mol. The Morgan fingerprint density at radius 3 is 2.42 bits per heavy atom. The highest BCUT2D eigenvalue weighted by Crippen LogP contribution is 2.25. The lowest BCUT2D eigenvalue weighted by Crippen LogP contribution is -2.48. The average Bonchev–Trinajstić information content (AvgIpc) is 2.55. The Labute approximate surface area is 154 Å². The number of aryl methyl sites for hydroxylation is 1. The Kier molecular flexibility index (Phi) is 6.14. The zero-order valence-corrected chi connectivity index (χ0v) is 14.9. The molecule has 24 heavy (non-hydrogen) atoms. The molecule has 8 heteroatoms. The summed E-state index contributed by atoms with van der Waals surface area (Å²) in [6.45, 7) is 1.88. The van der Waals surface area contributed by atoms with Crippen molar-refractivity contribution in [2.45, 2.75) is 6.92 Å². The van der Waals surface area contributed by atoms with E-state index in [0.29, 0.717) is 5.56 Å². The number of thiocarbonyl (C=S) groups is 1. The number of hydrogen-bond donors (Lipinski definition) is 3. The summed E-state index contributed by atoms with van der Waals surface area (Å²) in [6, 6.07) is 11.7. The van der Waals surface area contributed by atoms with Crippen LogP contribution in [0.3, 0.4) is 0 Å². The van der Waals surface area contributed by atoms with E-state index in [1.807, 2.05) is 13.0 Å². The Morgan fingerprint density at radius 2 is 1.71 bits per heavy atom. The van der Waals surface area contributed by atoms with Gasteiger partial charge in [0.1, 0.15) is 0 Å². The van der Waals surface area contributed by atoms with Gasteiger partial charge in [-0.25, -0.2) is 0 Å². The summed E-state index contributed by atoms with van der Waals surface area (Å²) in [6.07, 6.45) is 0. The second-order valence-electron chi connectivity index (χ2n) is 4.83. The summed E-state index contributed by atoms with van der Waals surface area (Å²) in [5.74, 6) is -0.916. The minimum absolute atomic E-state index is 0.0481. The molecule has 0 aliphatic carbocycles. The van der Waals surface area contributed by atoms with Gasteiger partial charge in [-0.2, -0.15) is 0 Å². The molecule has 2 aromatic carbocycles. The number of hydrogen-bond acceptors (Lipinski definition) is 3. The molecular weight excluding hydrogens is 369 g/mol. The lowest BCUT2D eigenvalue weighted by atomic mass is 10.1. The van der Waals surface area contributed by atoms with Crippen molar-refractivity contribution in [3.8, 4) is 0 Å². The predicted octanol–water partition coefficient (Wildman–Crippen LogP) is 3.25. The zero-order chi connectivity index (χ0) is 17.7. The van der Waals surface area contributed by atoms with Crippen LogP contribution in [-0.4, -0.2) is 16.9 Å². The van der Waals surface area contributed by atoms with E-state index in [1.54, 1.807) is 30.3 Å². The Morgan fingerprint density at radius 1 is 1.00 bits per heavy atom. The maximum absolute atomic E-state index is 12.0. The summed E-state index contributed by atoms with van der Waals surface area (Å²) in [5, 5.41) is 2.81. The number of carbonyl (C=O) groups is 2. The lowest BCUT2D eigenvalue weighted by molar-refractivity contribution is 0.0934. The summed E-state index contributed by atoms with van der Waals surface area (Å²) in [7, 11) is 0. The molecule has 0 bridgehead atoms. The van der Waals surface area contributed by atoms with Crippen molar-refractivity contribution in [1.82, 2.24) is 16.2 Å². The maximum atomic E-state index is 12.0. The zero-order valence-electron chi connectivity index (χ0n) is 12.5. The number of benzene rings is 2. The van der Waals surface area contributed by atoms with E-state index in [9.17, 15) is 9.59 Å². The van der Waals surface area contributed by atoms with Gasteiger partial charge in [0.05, 0.1) is 15.6 Å². The van der Waals surface area contributed by atoms with Crippen LogP contribution in [0.1, 0.15) is 26.3 Å². The van der Waals surface area contributed by atoms with Crippen molar-refractivity contribution >= 4 is 52.3 Å². The molecule has 5 nitrogen and oxygen atoms in total. The highest BCUT2D eigenvalue weighted by molar-refractivity contribution is 7.80. The molecule has 0 atom stereocenters. The standard InChI is InChI=1S/C16H13Cl2N3O2S/c1-9-4-2-5-10(8-9)14(22)19-16(24)21-20-15(23)11-6-3-7-12(17)13(11)18/h2-8H,1H3,(H,20,23)(H2,19,21,22,24). The third kappa shape index (κ3) is 4.67. The first kappa shape index (κ1) is 18.2. The molecule has 0 heterocycles. The van der Waals surface area contributed by atoms with Gasteiger partial charge < -0.3 is 0 Å². The Balaban J connectivity index is 1.92. The van der Waals surface area contributed by atoms with Crippen LogP contribution in [0.25, 0.3) is 0 Å². The average molecular weight is 382 g/mol. The number of rotatable bonds is 2. The van der Waals surface area contributed by atoms with Gasteiger partial charge in [-0.1, -0.05) is 47.0 Å². The molecule has 0 radical (unpaired) electrons. The fraction of sp³-hybridized carbons (Fsp3) is 0.0625. The maximum Gasteiger partial charge on any atom is 0.271 e. The van der Waals surface area contributed by atoms with Gasteiger partial charge in [0.15, 0.2) is 5.11 Å².